The molecule has 1 saturated heterocycles. The lowest BCUT2D eigenvalue weighted by atomic mass is 9.84. The van der Waals surface area contributed by atoms with Crippen LogP contribution in [0.15, 0.2) is 6.20 Å². The van der Waals surface area contributed by atoms with Crippen LogP contribution in [-0.2, 0) is 6.42 Å². The van der Waals surface area contributed by atoms with Gasteiger partial charge in [-0.05, 0) is 25.7 Å². The Kier molecular flexibility index (Phi) is 4.88. The first-order chi connectivity index (χ1) is 9.32. The summed E-state index contributed by atoms with van der Waals surface area (Å²) in [5.74, 6) is 0. The number of hydrogen-bond acceptors (Lipinski definition) is 4. The minimum atomic E-state index is 0.301. The van der Waals surface area contributed by atoms with Crippen LogP contribution in [0.1, 0.15) is 57.5 Å². The summed E-state index contributed by atoms with van der Waals surface area (Å²) in [4.78, 5) is 8.65. The number of aromatic nitrogens is 1. The van der Waals surface area contributed by atoms with E-state index in [-0.39, 0.29) is 0 Å². The highest BCUT2D eigenvalue weighted by Crippen LogP contribution is 2.31. The Labute approximate surface area is 127 Å². The van der Waals surface area contributed by atoms with Gasteiger partial charge in [-0.15, -0.1) is 11.3 Å². The third-order valence-corrected chi connectivity index (χ3v) is 5.75. The highest BCUT2D eigenvalue weighted by molar-refractivity contribution is 7.11. The lowest BCUT2D eigenvalue weighted by Gasteiger charge is -2.46. The number of nitrogens with zero attached hydrogens (tertiary/aromatic N) is 2. The average molecular weight is 295 g/mol. The number of rotatable bonds is 3. The molecule has 20 heavy (non-hydrogen) atoms. The molecule has 2 rings (SSSR count). The van der Waals surface area contributed by atoms with Crippen LogP contribution in [-0.4, -0.2) is 35.1 Å². The van der Waals surface area contributed by atoms with Gasteiger partial charge in [0.25, 0.3) is 0 Å². The van der Waals surface area contributed by atoms with Gasteiger partial charge in [0.05, 0.1) is 6.04 Å². The first-order valence-corrected chi connectivity index (χ1v) is 8.58. The quantitative estimate of drug-likeness (QED) is 0.925. The van der Waals surface area contributed by atoms with Gasteiger partial charge >= 0.3 is 0 Å². The Morgan fingerprint density at radius 2 is 2.20 bits per heavy atom. The summed E-state index contributed by atoms with van der Waals surface area (Å²) in [6, 6.07) is 1.53. The summed E-state index contributed by atoms with van der Waals surface area (Å²) in [5, 5.41) is 4.97. The molecule has 1 fully saturated rings. The van der Waals surface area contributed by atoms with Gasteiger partial charge < -0.3 is 5.32 Å². The van der Waals surface area contributed by atoms with E-state index in [0.29, 0.717) is 23.5 Å². The minimum Gasteiger partial charge on any atom is -0.311 e. The van der Waals surface area contributed by atoms with Crippen molar-refractivity contribution in [1.29, 1.82) is 0 Å². The molecule has 0 amide bonds. The maximum atomic E-state index is 4.64. The molecule has 0 aliphatic carbocycles. The summed E-state index contributed by atoms with van der Waals surface area (Å²) < 4.78 is 0. The molecule has 0 bridgehead atoms. The van der Waals surface area contributed by atoms with Gasteiger partial charge in [-0.3, -0.25) is 4.90 Å². The molecule has 1 aliphatic rings. The van der Waals surface area contributed by atoms with Crippen LogP contribution in [0.2, 0.25) is 0 Å². The normalized spacial score (nSPS) is 26.7. The summed E-state index contributed by atoms with van der Waals surface area (Å²) in [7, 11) is 0. The lowest BCUT2D eigenvalue weighted by Crippen LogP contribution is -2.59. The third kappa shape index (κ3) is 3.41. The number of piperazine rings is 1. The van der Waals surface area contributed by atoms with Crippen molar-refractivity contribution in [3.8, 4) is 0 Å². The molecule has 0 aromatic carbocycles. The third-order valence-electron chi connectivity index (χ3n) is 4.44. The Morgan fingerprint density at radius 1 is 1.50 bits per heavy atom. The van der Waals surface area contributed by atoms with E-state index in [9.17, 15) is 0 Å². The van der Waals surface area contributed by atoms with Crippen molar-refractivity contribution in [1.82, 2.24) is 15.2 Å². The van der Waals surface area contributed by atoms with Crippen LogP contribution in [0.4, 0.5) is 0 Å². The van der Waals surface area contributed by atoms with E-state index in [2.05, 4.69) is 56.7 Å². The maximum Gasteiger partial charge on any atom is 0.110 e. The molecule has 0 saturated carbocycles. The van der Waals surface area contributed by atoms with Crippen LogP contribution in [0.3, 0.4) is 0 Å². The molecule has 1 aromatic heterocycles. The Bertz CT molecular complexity index is 435. The molecule has 1 aliphatic heterocycles. The lowest BCUT2D eigenvalue weighted by molar-refractivity contribution is 0.0627. The molecular weight excluding hydrogens is 266 g/mol. The van der Waals surface area contributed by atoms with Crippen molar-refractivity contribution in [2.75, 3.05) is 13.1 Å². The molecular formula is C16H29N3S. The largest absolute Gasteiger partial charge is 0.311 e. The van der Waals surface area contributed by atoms with Gasteiger partial charge in [0.2, 0.25) is 0 Å². The number of nitrogens with one attached hydrogen (secondary N) is 1. The smallest absolute Gasteiger partial charge is 0.110 e. The average Bonchev–Trinajstić information content (AvgIpc) is 2.86. The predicted molar refractivity (Wildman–Crippen MR) is 87.3 cm³/mol. The standard InChI is InChI=1S/C16H29N3S/c1-7-13-9-18-15(20-13)12(3)19-10-14(16(4,5)6)17-8-11(19)2/h9,11-12,14,17H,7-8,10H2,1-6H3. The van der Waals surface area contributed by atoms with Gasteiger partial charge in [-0.1, -0.05) is 27.7 Å². The molecule has 2 heterocycles. The van der Waals surface area contributed by atoms with Crippen LogP contribution in [0.5, 0.6) is 0 Å². The zero-order valence-corrected chi connectivity index (χ0v) is 14.5. The van der Waals surface area contributed by atoms with Gasteiger partial charge in [0.15, 0.2) is 0 Å². The molecule has 0 radical (unpaired) electrons. The topological polar surface area (TPSA) is 28.2 Å². The van der Waals surface area contributed by atoms with E-state index >= 15 is 0 Å². The van der Waals surface area contributed by atoms with Crippen molar-refractivity contribution in [3.05, 3.63) is 16.1 Å². The van der Waals surface area contributed by atoms with Crippen molar-refractivity contribution in [2.24, 2.45) is 5.41 Å². The van der Waals surface area contributed by atoms with Gasteiger partial charge in [-0.25, -0.2) is 4.98 Å². The van der Waals surface area contributed by atoms with E-state index in [1.807, 2.05) is 17.5 Å². The van der Waals surface area contributed by atoms with Crippen LogP contribution in [0.25, 0.3) is 0 Å². The fraction of sp³-hybridized carbons (Fsp3) is 0.812. The van der Waals surface area contributed by atoms with E-state index in [1.165, 1.54) is 9.88 Å². The molecule has 114 valence electrons. The SMILES string of the molecule is CCc1cnc(C(C)N2CC(C(C)(C)C)NCC2C)s1. The van der Waals surface area contributed by atoms with E-state index < -0.39 is 0 Å². The van der Waals surface area contributed by atoms with Crippen LogP contribution in [0, 0.1) is 5.41 Å². The maximum absolute atomic E-state index is 4.64. The highest BCUT2D eigenvalue weighted by atomic mass is 32.1. The predicted octanol–water partition coefficient (Wildman–Crippen LogP) is 3.47. The number of thiazole rings is 1. The van der Waals surface area contributed by atoms with E-state index in [1.54, 1.807) is 0 Å². The highest BCUT2D eigenvalue weighted by Gasteiger charge is 2.35. The second kappa shape index (κ2) is 6.12. The monoisotopic (exact) mass is 295 g/mol. The number of hydrogen-bond donors (Lipinski definition) is 1. The minimum absolute atomic E-state index is 0.301. The Morgan fingerprint density at radius 3 is 2.75 bits per heavy atom. The number of aryl methyl sites for hydroxylation is 1. The van der Waals surface area contributed by atoms with Crippen LogP contribution < -0.4 is 5.32 Å². The van der Waals surface area contributed by atoms with Gasteiger partial charge in [-0.2, -0.15) is 0 Å². The first kappa shape index (κ1) is 15.9. The van der Waals surface area contributed by atoms with Crippen molar-refractivity contribution in [3.63, 3.8) is 0 Å². The van der Waals surface area contributed by atoms with E-state index in [0.717, 1.165) is 19.5 Å². The zero-order chi connectivity index (χ0) is 14.9. The van der Waals surface area contributed by atoms with Gasteiger partial charge in [0.1, 0.15) is 5.01 Å². The second-order valence-corrected chi connectivity index (χ2v) is 8.21. The fourth-order valence-electron chi connectivity index (χ4n) is 2.83. The molecule has 4 heteroatoms. The molecule has 1 aromatic rings. The Hall–Kier alpha value is -0.450. The summed E-state index contributed by atoms with van der Waals surface area (Å²) in [6.07, 6.45) is 3.14. The summed E-state index contributed by atoms with van der Waals surface area (Å²) >= 11 is 1.87. The summed E-state index contributed by atoms with van der Waals surface area (Å²) in [5.41, 5.74) is 0.301. The molecule has 0 spiro atoms. The molecule has 3 nitrogen and oxygen atoms in total. The van der Waals surface area contributed by atoms with Gasteiger partial charge in [0, 0.05) is 36.2 Å². The van der Waals surface area contributed by atoms with Crippen molar-refractivity contribution >= 4 is 11.3 Å². The second-order valence-electron chi connectivity index (χ2n) is 7.07. The zero-order valence-electron chi connectivity index (χ0n) is 13.7. The molecule has 3 atom stereocenters. The first-order valence-electron chi connectivity index (χ1n) is 7.76. The van der Waals surface area contributed by atoms with Crippen LogP contribution >= 0.6 is 11.3 Å². The molecule has 3 unspecified atom stereocenters. The van der Waals surface area contributed by atoms with E-state index in [4.69, 9.17) is 0 Å². The fourth-order valence-corrected chi connectivity index (χ4v) is 3.76. The van der Waals surface area contributed by atoms with Crippen molar-refractivity contribution < 1.29 is 0 Å². The molecule has 1 N–H and O–H groups in total. The summed E-state index contributed by atoms with van der Waals surface area (Å²) in [6.45, 7) is 16.0. The van der Waals surface area contributed by atoms with Crippen molar-refractivity contribution in [2.45, 2.75) is 66.1 Å². The Balaban J connectivity index is 2.12.